The Balaban J connectivity index is 2.32. The van der Waals surface area contributed by atoms with Crippen LogP contribution in [0, 0.1) is 5.92 Å². The maximum absolute atomic E-state index is 12.7. The maximum atomic E-state index is 12.7. The summed E-state index contributed by atoms with van der Waals surface area (Å²) >= 11 is 0. The molecule has 9 nitrogen and oxygen atoms in total. The summed E-state index contributed by atoms with van der Waals surface area (Å²) in [5.41, 5.74) is 0.951. The van der Waals surface area contributed by atoms with Crippen molar-refractivity contribution in [1.82, 2.24) is 0 Å². The Morgan fingerprint density at radius 1 is 1.07 bits per heavy atom. The molecule has 0 radical (unpaired) electrons. The van der Waals surface area contributed by atoms with E-state index in [1.807, 2.05) is 13.8 Å². The number of aliphatic hydroxyl groups is 3. The summed E-state index contributed by atoms with van der Waals surface area (Å²) in [6.07, 6.45) is -8.71. The zero-order valence-electron chi connectivity index (χ0n) is 16.8. The zero-order chi connectivity index (χ0) is 21.9. The molecule has 0 spiro atoms. The maximum Gasteiger partial charge on any atom is 0.335 e. The topological polar surface area (TPSA) is 143 Å². The van der Waals surface area contributed by atoms with Crippen LogP contribution in [0.1, 0.15) is 43.6 Å². The van der Waals surface area contributed by atoms with Crippen molar-refractivity contribution in [2.24, 2.45) is 5.92 Å². The van der Waals surface area contributed by atoms with Crippen LogP contribution in [0.3, 0.4) is 0 Å². The van der Waals surface area contributed by atoms with E-state index in [-0.39, 0.29) is 35.7 Å². The van der Waals surface area contributed by atoms with Crippen molar-refractivity contribution in [3.8, 4) is 5.75 Å². The van der Waals surface area contributed by atoms with Crippen LogP contribution >= 0.6 is 0 Å². The van der Waals surface area contributed by atoms with Crippen LogP contribution in [0.25, 0.3) is 0 Å². The summed E-state index contributed by atoms with van der Waals surface area (Å²) in [6.45, 7) is 7.49. The largest absolute Gasteiger partial charge is 0.479 e. The number of benzene rings is 1. The van der Waals surface area contributed by atoms with Crippen LogP contribution < -0.4 is 4.74 Å². The molecule has 2 rings (SSSR count). The molecule has 29 heavy (non-hydrogen) atoms. The fourth-order valence-electron chi connectivity index (χ4n) is 2.81. The number of Topliss-reactive ketones (excluding diaryl/α,β-unsaturated/α-hetero) is 1. The average Bonchev–Trinajstić information content (AvgIpc) is 2.66. The number of carbonyl (C=O) groups is 2. The molecule has 0 bridgehead atoms. The lowest BCUT2D eigenvalue weighted by atomic mass is 9.97. The van der Waals surface area contributed by atoms with Gasteiger partial charge in [-0.3, -0.25) is 4.79 Å². The molecule has 0 aliphatic carbocycles. The molecule has 1 aliphatic heterocycles. The number of hydrogen-bond donors (Lipinski definition) is 4. The molecular weight excluding hydrogens is 384 g/mol. The van der Waals surface area contributed by atoms with E-state index in [9.17, 15) is 24.9 Å². The van der Waals surface area contributed by atoms with E-state index in [0.29, 0.717) is 0 Å². The molecule has 5 atom stereocenters. The Hall–Kier alpha value is -2.04. The standard InChI is InChI=1S/C20H28O9/c1-9(2)14(21)12-7-11(8-27-10(3)4)5-6-13(12)28-20-17(24)15(22)16(23)18(29-20)19(25)26/h5-7,9-10,15-18,20,22-24H,8H2,1-4H3,(H,25,26)/t15-,16-,17+,18-,20+/m0/s1. The Kier molecular flexibility index (Phi) is 7.73. The molecule has 1 aliphatic rings. The van der Waals surface area contributed by atoms with Gasteiger partial charge in [0.25, 0.3) is 0 Å². The fourth-order valence-corrected chi connectivity index (χ4v) is 2.81. The second-order valence-corrected chi connectivity index (χ2v) is 7.56. The van der Waals surface area contributed by atoms with Crippen molar-refractivity contribution >= 4 is 11.8 Å². The molecule has 0 saturated carbocycles. The number of aliphatic carboxylic acids is 1. The molecule has 0 aromatic heterocycles. The van der Waals surface area contributed by atoms with Gasteiger partial charge in [0.15, 0.2) is 11.9 Å². The van der Waals surface area contributed by atoms with Gasteiger partial charge in [-0.25, -0.2) is 4.79 Å². The third-order valence-electron chi connectivity index (χ3n) is 4.47. The number of ketones is 1. The van der Waals surface area contributed by atoms with E-state index in [1.54, 1.807) is 26.0 Å². The summed E-state index contributed by atoms with van der Waals surface area (Å²) in [7, 11) is 0. The third kappa shape index (κ3) is 5.52. The summed E-state index contributed by atoms with van der Waals surface area (Å²) in [6, 6.07) is 4.77. The highest BCUT2D eigenvalue weighted by Crippen LogP contribution is 2.29. The summed E-state index contributed by atoms with van der Waals surface area (Å²) in [5.74, 6) is -2.03. The van der Waals surface area contributed by atoms with E-state index in [1.165, 1.54) is 6.07 Å². The predicted molar refractivity (Wildman–Crippen MR) is 100 cm³/mol. The molecule has 9 heteroatoms. The highest BCUT2D eigenvalue weighted by Gasteiger charge is 2.48. The van der Waals surface area contributed by atoms with Gasteiger partial charge in [0.05, 0.1) is 18.3 Å². The van der Waals surface area contributed by atoms with Crippen LogP contribution in [0.4, 0.5) is 0 Å². The minimum absolute atomic E-state index is 0.00169. The first kappa shape index (κ1) is 23.2. The lowest BCUT2D eigenvalue weighted by molar-refractivity contribution is -0.271. The van der Waals surface area contributed by atoms with Gasteiger partial charge in [-0.15, -0.1) is 0 Å². The lowest BCUT2D eigenvalue weighted by Crippen LogP contribution is -2.61. The predicted octanol–water partition coefficient (Wildman–Crippen LogP) is 0.721. The molecule has 1 saturated heterocycles. The van der Waals surface area contributed by atoms with Crippen molar-refractivity contribution in [3.63, 3.8) is 0 Å². The first-order valence-corrected chi connectivity index (χ1v) is 9.40. The van der Waals surface area contributed by atoms with Crippen LogP contribution in [-0.2, 0) is 20.9 Å². The van der Waals surface area contributed by atoms with Crippen LogP contribution in [0.2, 0.25) is 0 Å². The Bertz CT molecular complexity index is 731. The second kappa shape index (κ2) is 9.64. The number of carbonyl (C=O) groups excluding carboxylic acids is 1. The quantitative estimate of drug-likeness (QED) is 0.454. The van der Waals surface area contributed by atoms with Crippen molar-refractivity contribution in [1.29, 1.82) is 0 Å². The summed E-state index contributed by atoms with van der Waals surface area (Å²) < 4.78 is 16.3. The minimum Gasteiger partial charge on any atom is -0.479 e. The normalized spacial score (nSPS) is 27.3. The van der Waals surface area contributed by atoms with E-state index >= 15 is 0 Å². The van der Waals surface area contributed by atoms with Crippen LogP contribution in [0.5, 0.6) is 5.75 Å². The molecule has 162 valence electrons. The first-order valence-electron chi connectivity index (χ1n) is 9.40. The highest BCUT2D eigenvalue weighted by molar-refractivity contribution is 6.00. The number of carboxylic acid groups (broad SMARTS) is 1. The second-order valence-electron chi connectivity index (χ2n) is 7.56. The fraction of sp³-hybridized carbons (Fsp3) is 0.600. The molecule has 1 fully saturated rings. The van der Waals surface area contributed by atoms with Gasteiger partial charge in [0.1, 0.15) is 24.1 Å². The molecule has 1 aromatic rings. The Morgan fingerprint density at radius 2 is 1.72 bits per heavy atom. The van der Waals surface area contributed by atoms with E-state index in [4.69, 9.17) is 19.3 Å². The smallest absolute Gasteiger partial charge is 0.335 e. The molecule has 4 N–H and O–H groups in total. The van der Waals surface area contributed by atoms with Crippen molar-refractivity contribution < 1.29 is 44.2 Å². The SMILES string of the molecule is CC(C)OCc1ccc(O[C@@H]2O[C@H](C(=O)O)[C@@H](O)[C@H](O)[C@H]2O)c(C(=O)C(C)C)c1. The molecule has 0 unspecified atom stereocenters. The Labute approximate surface area is 168 Å². The van der Waals surface area contributed by atoms with Crippen molar-refractivity contribution in [2.75, 3.05) is 0 Å². The number of hydrogen-bond acceptors (Lipinski definition) is 8. The third-order valence-corrected chi connectivity index (χ3v) is 4.47. The number of ether oxygens (including phenoxy) is 3. The summed E-state index contributed by atoms with van der Waals surface area (Å²) in [4.78, 5) is 23.9. The van der Waals surface area contributed by atoms with Crippen molar-refractivity contribution in [3.05, 3.63) is 29.3 Å². The molecule has 1 aromatic carbocycles. The molecule has 0 amide bonds. The number of carboxylic acids is 1. The van der Waals surface area contributed by atoms with Crippen LogP contribution in [0.15, 0.2) is 18.2 Å². The van der Waals surface area contributed by atoms with Crippen LogP contribution in [-0.4, -0.2) is 69.0 Å². The number of aliphatic hydroxyl groups excluding tert-OH is 3. The van der Waals surface area contributed by atoms with E-state index in [2.05, 4.69) is 0 Å². The Morgan fingerprint density at radius 3 is 2.28 bits per heavy atom. The molecular formula is C20H28O9. The van der Waals surface area contributed by atoms with Gasteiger partial charge in [-0.2, -0.15) is 0 Å². The first-order chi connectivity index (χ1) is 13.5. The van der Waals surface area contributed by atoms with Gasteiger partial charge >= 0.3 is 5.97 Å². The lowest BCUT2D eigenvalue weighted by Gasteiger charge is -2.38. The average molecular weight is 412 g/mol. The van der Waals surface area contributed by atoms with Crippen molar-refractivity contribution in [2.45, 2.75) is 71.1 Å². The zero-order valence-corrected chi connectivity index (χ0v) is 16.8. The summed E-state index contributed by atoms with van der Waals surface area (Å²) in [5, 5.41) is 39.0. The highest BCUT2D eigenvalue weighted by atomic mass is 16.7. The van der Waals surface area contributed by atoms with Gasteiger partial charge in [-0.05, 0) is 31.5 Å². The monoisotopic (exact) mass is 412 g/mol. The van der Waals surface area contributed by atoms with E-state index in [0.717, 1.165) is 5.56 Å². The minimum atomic E-state index is -1.82. The van der Waals surface area contributed by atoms with E-state index < -0.39 is 36.7 Å². The van der Waals surface area contributed by atoms with Gasteiger partial charge < -0.3 is 34.6 Å². The van der Waals surface area contributed by atoms with Gasteiger partial charge in [-0.1, -0.05) is 19.9 Å². The van der Waals surface area contributed by atoms with Gasteiger partial charge in [0.2, 0.25) is 6.29 Å². The van der Waals surface area contributed by atoms with Gasteiger partial charge in [0, 0.05) is 5.92 Å². The number of rotatable bonds is 8. The molecule has 1 heterocycles.